The Hall–Kier alpha value is -3.32. The van der Waals surface area contributed by atoms with Crippen molar-refractivity contribution in [1.29, 1.82) is 0 Å². The number of para-hydroxylation sites is 2. The number of anilines is 1. The molecule has 3 aliphatic rings. The number of urea groups is 1. The van der Waals surface area contributed by atoms with E-state index in [2.05, 4.69) is 20.9 Å². The van der Waals surface area contributed by atoms with Crippen LogP contribution in [-0.4, -0.2) is 48.1 Å². The van der Waals surface area contributed by atoms with Crippen LogP contribution in [0.5, 0.6) is 0 Å². The fourth-order valence-electron chi connectivity index (χ4n) is 5.08. The fourth-order valence-corrected chi connectivity index (χ4v) is 5.08. The maximum Gasteiger partial charge on any atom is 0.319 e. The van der Waals surface area contributed by atoms with Gasteiger partial charge < -0.3 is 25.3 Å². The summed E-state index contributed by atoms with van der Waals surface area (Å²) in [4.78, 5) is 28.0. The molecule has 4 heterocycles. The van der Waals surface area contributed by atoms with Crippen molar-refractivity contribution >= 4 is 28.6 Å². The molecule has 0 unspecified atom stereocenters. The zero-order valence-corrected chi connectivity index (χ0v) is 20.0. The molecule has 6 rings (SSSR count). The Labute approximate surface area is 199 Å². The van der Waals surface area contributed by atoms with E-state index in [1.54, 1.807) is 6.07 Å². The Kier molecular flexibility index (Phi) is 5.81. The number of benzene rings is 2. The predicted molar refractivity (Wildman–Crippen MR) is 134 cm³/mol. The molecule has 34 heavy (non-hydrogen) atoms. The van der Waals surface area contributed by atoms with Crippen LogP contribution in [0.4, 0.5) is 10.5 Å². The molecule has 2 bridgehead atoms. The Morgan fingerprint density at radius 3 is 2.44 bits per heavy atom. The summed E-state index contributed by atoms with van der Waals surface area (Å²) in [7, 11) is 0. The van der Waals surface area contributed by atoms with Crippen molar-refractivity contribution < 1.29 is 14.0 Å². The topological polar surface area (TPSA) is 86.6 Å². The second-order valence-corrected chi connectivity index (χ2v) is 10.4. The van der Waals surface area contributed by atoms with E-state index in [1.807, 2.05) is 63.2 Å². The predicted octanol–water partition coefficient (Wildman–Crippen LogP) is 4.84. The van der Waals surface area contributed by atoms with Crippen LogP contribution in [0.3, 0.4) is 0 Å². The van der Waals surface area contributed by atoms with Crippen molar-refractivity contribution in [2.75, 3.05) is 25.0 Å². The lowest BCUT2D eigenvalue weighted by Crippen LogP contribution is -2.57. The summed E-state index contributed by atoms with van der Waals surface area (Å²) < 4.78 is 6.12. The van der Waals surface area contributed by atoms with Crippen molar-refractivity contribution in [1.82, 2.24) is 15.5 Å². The molecule has 3 amide bonds. The molecule has 3 N–H and O–H groups in total. The molecule has 0 radical (unpaired) electrons. The van der Waals surface area contributed by atoms with E-state index in [9.17, 15) is 9.59 Å². The third kappa shape index (κ3) is 4.66. The first-order valence-electron chi connectivity index (χ1n) is 12.0. The van der Waals surface area contributed by atoms with Crippen LogP contribution in [0.15, 0.2) is 52.9 Å². The zero-order chi connectivity index (χ0) is 23.9. The monoisotopic (exact) mass is 460 g/mol. The largest absolute Gasteiger partial charge is 0.450 e. The first kappa shape index (κ1) is 22.5. The highest BCUT2D eigenvalue weighted by Gasteiger charge is 2.35. The number of hydrogen-bond donors (Lipinski definition) is 3. The average Bonchev–Trinajstić information content (AvgIpc) is 3.24. The minimum absolute atomic E-state index is 0.170. The molecular formula is C27H32N4O3. The highest BCUT2D eigenvalue weighted by molar-refractivity contribution is 6.03. The number of rotatable bonds is 4. The molecule has 7 nitrogen and oxygen atoms in total. The van der Waals surface area contributed by atoms with Gasteiger partial charge in [0.2, 0.25) is 0 Å². The Balaban J connectivity index is 1.41. The Morgan fingerprint density at radius 1 is 1.00 bits per heavy atom. The number of carbonyl (C=O) groups is 2. The van der Waals surface area contributed by atoms with Gasteiger partial charge in [0.1, 0.15) is 5.58 Å². The Bertz CT molecular complexity index is 1220. The molecule has 3 fully saturated rings. The minimum atomic E-state index is -0.350. The average molecular weight is 461 g/mol. The van der Waals surface area contributed by atoms with Gasteiger partial charge in [-0.15, -0.1) is 0 Å². The molecule has 1 atom stereocenters. The summed E-state index contributed by atoms with van der Waals surface area (Å²) in [6.07, 6.45) is 2.28. The van der Waals surface area contributed by atoms with E-state index in [0.29, 0.717) is 22.9 Å². The first-order chi connectivity index (χ1) is 16.3. The molecule has 0 aliphatic carbocycles. The molecule has 0 saturated carbocycles. The molecule has 3 aromatic rings. The number of hydrogen-bond acceptors (Lipinski definition) is 4. The second kappa shape index (κ2) is 8.80. The third-order valence-electron chi connectivity index (χ3n) is 6.69. The lowest BCUT2D eigenvalue weighted by atomic mass is 9.84. The van der Waals surface area contributed by atoms with E-state index in [-0.39, 0.29) is 23.5 Å². The summed E-state index contributed by atoms with van der Waals surface area (Å²) in [5, 5.41) is 9.94. The maximum atomic E-state index is 13.1. The van der Waals surface area contributed by atoms with Crippen LogP contribution in [0.2, 0.25) is 0 Å². The molecular weight excluding hydrogens is 428 g/mol. The summed E-state index contributed by atoms with van der Waals surface area (Å²) in [6, 6.07) is 15.1. The van der Waals surface area contributed by atoms with Gasteiger partial charge in [-0.2, -0.15) is 0 Å². The van der Waals surface area contributed by atoms with Gasteiger partial charge in [-0.1, -0.05) is 36.4 Å². The zero-order valence-electron chi connectivity index (χ0n) is 20.0. The van der Waals surface area contributed by atoms with Crippen molar-refractivity contribution in [3.63, 3.8) is 0 Å². The third-order valence-corrected chi connectivity index (χ3v) is 6.69. The highest BCUT2D eigenvalue weighted by atomic mass is 16.3. The molecule has 178 valence electrons. The molecule has 3 saturated heterocycles. The van der Waals surface area contributed by atoms with E-state index in [1.165, 1.54) is 0 Å². The number of fused-ring (bicyclic) bond motifs is 4. The SMILES string of the molecule is CC(C)(C)NC(=O)Nc1ccccc1-c1cccc2cc(C(=O)N[C@H]3CN4CCC3CC4)oc12. The van der Waals surface area contributed by atoms with Crippen molar-refractivity contribution in [2.24, 2.45) is 5.92 Å². The number of piperidine rings is 3. The quantitative estimate of drug-likeness (QED) is 0.520. The van der Waals surface area contributed by atoms with Gasteiger partial charge in [0.25, 0.3) is 5.91 Å². The summed E-state index contributed by atoms with van der Waals surface area (Å²) in [6.45, 7) is 8.98. The summed E-state index contributed by atoms with van der Waals surface area (Å²) in [5.41, 5.74) is 2.61. The normalized spacial score (nSPS) is 21.9. The number of nitrogens with zero attached hydrogens (tertiary/aromatic N) is 1. The van der Waals surface area contributed by atoms with Crippen molar-refractivity contribution in [2.45, 2.75) is 45.2 Å². The van der Waals surface area contributed by atoms with Crippen molar-refractivity contribution in [3.05, 3.63) is 54.3 Å². The number of nitrogens with one attached hydrogen (secondary N) is 3. The van der Waals surface area contributed by atoms with Gasteiger partial charge in [-0.05, 0) is 64.8 Å². The van der Waals surface area contributed by atoms with E-state index in [4.69, 9.17) is 4.42 Å². The van der Waals surface area contributed by atoms with E-state index >= 15 is 0 Å². The summed E-state index contributed by atoms with van der Waals surface area (Å²) >= 11 is 0. The summed E-state index contributed by atoms with van der Waals surface area (Å²) in [5.74, 6) is 0.692. The maximum absolute atomic E-state index is 13.1. The minimum Gasteiger partial charge on any atom is -0.450 e. The van der Waals surface area contributed by atoms with Gasteiger partial charge in [-0.3, -0.25) is 4.79 Å². The van der Waals surface area contributed by atoms with Crippen LogP contribution in [0, 0.1) is 5.92 Å². The smallest absolute Gasteiger partial charge is 0.319 e. The highest BCUT2D eigenvalue weighted by Crippen LogP contribution is 2.35. The fraction of sp³-hybridized carbons (Fsp3) is 0.407. The number of furan rings is 1. The van der Waals surface area contributed by atoms with Crippen LogP contribution in [0.1, 0.15) is 44.2 Å². The van der Waals surface area contributed by atoms with Gasteiger partial charge in [-0.25, -0.2) is 4.79 Å². The van der Waals surface area contributed by atoms with Crippen LogP contribution in [-0.2, 0) is 0 Å². The standard InChI is InChI=1S/C27H32N4O3/c1-27(2,3)30-26(33)29-21-10-5-4-8-19(21)20-9-6-7-18-15-23(34-24(18)20)25(32)28-22-16-31-13-11-17(22)12-14-31/h4-10,15,17,22H,11-14,16H2,1-3H3,(H,28,32)(H2,29,30,33)/t22-/m0/s1. The second-order valence-electron chi connectivity index (χ2n) is 10.4. The van der Waals surface area contributed by atoms with Crippen LogP contribution in [0.25, 0.3) is 22.1 Å². The van der Waals surface area contributed by atoms with Gasteiger partial charge in [0.15, 0.2) is 5.76 Å². The number of carbonyl (C=O) groups excluding carboxylic acids is 2. The van der Waals surface area contributed by atoms with Gasteiger partial charge in [0, 0.05) is 34.6 Å². The molecule has 3 aliphatic heterocycles. The first-order valence-corrected chi connectivity index (χ1v) is 12.0. The van der Waals surface area contributed by atoms with Gasteiger partial charge in [0.05, 0.1) is 5.69 Å². The number of amides is 3. The Morgan fingerprint density at radius 2 is 1.74 bits per heavy atom. The molecule has 2 aromatic carbocycles. The van der Waals surface area contributed by atoms with E-state index < -0.39 is 0 Å². The van der Waals surface area contributed by atoms with Crippen LogP contribution < -0.4 is 16.0 Å². The van der Waals surface area contributed by atoms with Crippen LogP contribution >= 0.6 is 0 Å². The molecule has 7 heteroatoms. The van der Waals surface area contributed by atoms with E-state index in [0.717, 1.165) is 49.0 Å². The van der Waals surface area contributed by atoms with Crippen molar-refractivity contribution in [3.8, 4) is 11.1 Å². The lowest BCUT2D eigenvalue weighted by Gasteiger charge is -2.44. The molecule has 1 aromatic heterocycles. The van der Waals surface area contributed by atoms with Gasteiger partial charge >= 0.3 is 6.03 Å². The molecule has 0 spiro atoms. The lowest BCUT2D eigenvalue weighted by molar-refractivity contribution is 0.0607.